The molecular formula is C20H34S2. The molecule has 3 saturated carbocycles. The van der Waals surface area contributed by atoms with Crippen molar-refractivity contribution in [2.24, 2.45) is 34.5 Å². The van der Waals surface area contributed by atoms with Gasteiger partial charge in [-0.1, -0.05) is 32.4 Å². The number of allylic oxidation sites excluding steroid dienone is 1. The van der Waals surface area contributed by atoms with Crippen LogP contribution in [-0.2, 0) is 0 Å². The van der Waals surface area contributed by atoms with Crippen LogP contribution in [0.4, 0.5) is 0 Å². The molecule has 0 amide bonds. The van der Waals surface area contributed by atoms with Crippen LogP contribution in [0, 0.1) is 34.5 Å². The van der Waals surface area contributed by atoms with Crippen molar-refractivity contribution in [2.45, 2.75) is 77.4 Å². The van der Waals surface area contributed by atoms with E-state index in [9.17, 15) is 0 Å². The Labute approximate surface area is 149 Å². The Bertz CT molecular complexity index is 470. The fourth-order valence-corrected chi connectivity index (χ4v) is 7.28. The lowest BCUT2D eigenvalue weighted by Gasteiger charge is -2.58. The number of hydrogen-bond acceptors (Lipinski definition) is 1. The summed E-state index contributed by atoms with van der Waals surface area (Å²) in [6.45, 7) is 7.77. The van der Waals surface area contributed by atoms with Crippen LogP contribution in [-0.4, -0.2) is 5.25 Å². The van der Waals surface area contributed by atoms with Crippen LogP contribution >= 0.6 is 26.1 Å². The minimum atomic E-state index is 0. The maximum absolute atomic E-state index is 4.74. The molecule has 0 N–H and O–H groups in total. The van der Waals surface area contributed by atoms with Crippen LogP contribution in [0.1, 0.15) is 72.1 Å². The maximum Gasteiger partial charge on any atom is 0.0199 e. The van der Waals surface area contributed by atoms with Gasteiger partial charge < -0.3 is 0 Å². The molecule has 22 heavy (non-hydrogen) atoms. The lowest BCUT2D eigenvalue weighted by Crippen LogP contribution is -2.50. The van der Waals surface area contributed by atoms with E-state index in [4.69, 9.17) is 12.6 Å². The van der Waals surface area contributed by atoms with E-state index in [-0.39, 0.29) is 13.5 Å². The molecule has 2 heteroatoms. The van der Waals surface area contributed by atoms with Gasteiger partial charge in [-0.15, -0.1) is 0 Å². The maximum atomic E-state index is 4.74. The third-order valence-corrected chi connectivity index (χ3v) is 8.97. The molecule has 0 aromatic heterocycles. The van der Waals surface area contributed by atoms with E-state index in [2.05, 4.69) is 26.8 Å². The van der Waals surface area contributed by atoms with Crippen LogP contribution in [0.5, 0.6) is 0 Å². The van der Waals surface area contributed by atoms with Crippen molar-refractivity contribution in [3.05, 3.63) is 11.6 Å². The smallest absolute Gasteiger partial charge is 0.0199 e. The van der Waals surface area contributed by atoms with Gasteiger partial charge in [0.15, 0.2) is 0 Å². The minimum Gasteiger partial charge on any atom is -0.197 e. The summed E-state index contributed by atoms with van der Waals surface area (Å²) in [4.78, 5) is 0. The summed E-state index contributed by atoms with van der Waals surface area (Å²) in [5, 5.41) is 0.532. The molecule has 0 aromatic rings. The molecule has 4 aliphatic carbocycles. The molecule has 126 valence electrons. The molecule has 4 aliphatic rings. The van der Waals surface area contributed by atoms with E-state index in [1.54, 1.807) is 5.57 Å². The Kier molecular flexibility index (Phi) is 4.52. The summed E-state index contributed by atoms with van der Waals surface area (Å²) in [5.74, 6) is 3.98. The highest BCUT2D eigenvalue weighted by molar-refractivity contribution is 7.81. The van der Waals surface area contributed by atoms with Gasteiger partial charge >= 0.3 is 0 Å². The molecule has 0 aromatic carbocycles. The molecule has 3 unspecified atom stereocenters. The molecule has 0 saturated heterocycles. The fourth-order valence-electron chi connectivity index (χ4n) is 6.97. The summed E-state index contributed by atoms with van der Waals surface area (Å²) in [6.07, 6.45) is 14.1. The quantitative estimate of drug-likeness (QED) is 0.406. The number of fused-ring (bicyclic) bond motifs is 5. The Morgan fingerprint density at radius 1 is 1.00 bits per heavy atom. The van der Waals surface area contributed by atoms with Crippen LogP contribution < -0.4 is 0 Å². The molecule has 7 atom stereocenters. The van der Waals surface area contributed by atoms with Gasteiger partial charge in [-0.3, -0.25) is 0 Å². The SMILES string of the molecule is C[C@H]1CCC2C3CCC4=C[C@H](S)CC[C@]4(C)C3CC[C@@]21C.S. The van der Waals surface area contributed by atoms with Crippen LogP contribution in [0.25, 0.3) is 0 Å². The molecule has 0 bridgehead atoms. The number of rotatable bonds is 0. The lowest BCUT2D eigenvalue weighted by atomic mass is 9.47. The third-order valence-electron chi connectivity index (χ3n) is 8.56. The van der Waals surface area contributed by atoms with Crippen molar-refractivity contribution in [3.8, 4) is 0 Å². The van der Waals surface area contributed by atoms with E-state index in [1.807, 2.05) is 0 Å². The summed E-state index contributed by atoms with van der Waals surface area (Å²) < 4.78 is 0. The Hall–Kier alpha value is 0.440. The Balaban J connectivity index is 0.00000144. The zero-order chi connectivity index (χ0) is 14.8. The van der Waals surface area contributed by atoms with Gasteiger partial charge in [0.1, 0.15) is 0 Å². The van der Waals surface area contributed by atoms with Crippen molar-refractivity contribution in [1.82, 2.24) is 0 Å². The van der Waals surface area contributed by atoms with Crippen molar-refractivity contribution >= 4 is 26.1 Å². The zero-order valence-electron chi connectivity index (χ0n) is 14.6. The highest BCUT2D eigenvalue weighted by Crippen LogP contribution is 2.66. The van der Waals surface area contributed by atoms with Gasteiger partial charge in [-0.2, -0.15) is 26.1 Å². The summed E-state index contributed by atoms with van der Waals surface area (Å²) >= 11 is 4.74. The summed E-state index contributed by atoms with van der Waals surface area (Å²) in [7, 11) is 0. The average molecular weight is 339 g/mol. The summed E-state index contributed by atoms with van der Waals surface area (Å²) in [5.41, 5.74) is 2.97. The van der Waals surface area contributed by atoms with Gasteiger partial charge in [-0.25, -0.2) is 0 Å². The largest absolute Gasteiger partial charge is 0.197 e. The first-order chi connectivity index (χ1) is 9.95. The van der Waals surface area contributed by atoms with Gasteiger partial charge in [0, 0.05) is 5.25 Å². The molecule has 0 aliphatic heterocycles. The van der Waals surface area contributed by atoms with Crippen LogP contribution in [0.2, 0.25) is 0 Å². The van der Waals surface area contributed by atoms with E-state index < -0.39 is 0 Å². The highest BCUT2D eigenvalue weighted by atomic mass is 32.1. The normalized spacial score (nSPS) is 53.6. The predicted molar refractivity (Wildman–Crippen MR) is 104 cm³/mol. The zero-order valence-corrected chi connectivity index (χ0v) is 16.5. The monoisotopic (exact) mass is 338 g/mol. The Morgan fingerprint density at radius 3 is 2.55 bits per heavy atom. The molecule has 0 radical (unpaired) electrons. The molecule has 0 heterocycles. The molecule has 3 fully saturated rings. The second kappa shape index (κ2) is 5.76. The number of thiol groups is 1. The van der Waals surface area contributed by atoms with Gasteiger partial charge in [0.05, 0.1) is 0 Å². The predicted octanol–water partition coefficient (Wildman–Crippen LogP) is 6.00. The molecular weight excluding hydrogens is 304 g/mol. The molecule has 0 nitrogen and oxygen atoms in total. The van der Waals surface area contributed by atoms with Crippen molar-refractivity contribution in [2.75, 3.05) is 0 Å². The first-order valence-corrected chi connectivity index (χ1v) is 9.86. The second-order valence-electron chi connectivity index (χ2n) is 9.15. The van der Waals surface area contributed by atoms with Crippen LogP contribution in [0.15, 0.2) is 11.6 Å². The van der Waals surface area contributed by atoms with Crippen LogP contribution in [0.3, 0.4) is 0 Å². The first-order valence-electron chi connectivity index (χ1n) is 9.34. The lowest BCUT2D eigenvalue weighted by molar-refractivity contribution is -0.0484. The van der Waals surface area contributed by atoms with Gasteiger partial charge in [0.2, 0.25) is 0 Å². The minimum absolute atomic E-state index is 0. The van der Waals surface area contributed by atoms with Gasteiger partial charge in [-0.05, 0) is 85.9 Å². The molecule has 0 spiro atoms. The Morgan fingerprint density at radius 2 is 1.77 bits per heavy atom. The second-order valence-corrected chi connectivity index (χ2v) is 9.82. The van der Waals surface area contributed by atoms with Crippen molar-refractivity contribution < 1.29 is 0 Å². The van der Waals surface area contributed by atoms with Gasteiger partial charge in [0.25, 0.3) is 0 Å². The van der Waals surface area contributed by atoms with Crippen molar-refractivity contribution in [1.29, 1.82) is 0 Å². The van der Waals surface area contributed by atoms with E-state index >= 15 is 0 Å². The third kappa shape index (κ3) is 2.26. The van der Waals surface area contributed by atoms with E-state index in [0.29, 0.717) is 16.1 Å². The number of hydrogen-bond donors (Lipinski definition) is 1. The van der Waals surface area contributed by atoms with E-state index in [1.165, 1.54) is 51.4 Å². The molecule has 4 rings (SSSR count). The average Bonchev–Trinajstić information content (AvgIpc) is 2.76. The standard InChI is InChI=1S/C20H32S.H2S/c1-13-4-7-17-16-6-5-14-12-15(21)8-10-20(14,3)18(16)9-11-19(13,17)2;/h12-13,15-18,21H,4-11H2,1-3H3;1H2/t13-,15+,16?,17?,18?,19+,20-;/m0./s1. The topological polar surface area (TPSA) is 0 Å². The van der Waals surface area contributed by atoms with E-state index in [0.717, 1.165) is 23.7 Å². The first kappa shape index (κ1) is 17.3. The summed E-state index contributed by atoms with van der Waals surface area (Å²) in [6, 6.07) is 0. The highest BCUT2D eigenvalue weighted by Gasteiger charge is 2.57. The van der Waals surface area contributed by atoms with Crippen molar-refractivity contribution in [3.63, 3.8) is 0 Å². The fraction of sp³-hybridized carbons (Fsp3) is 0.900.